The van der Waals surface area contributed by atoms with Gasteiger partial charge in [-0.3, -0.25) is 14.9 Å². The van der Waals surface area contributed by atoms with Crippen LogP contribution in [0.3, 0.4) is 0 Å². The number of benzene rings is 1. The van der Waals surface area contributed by atoms with E-state index in [1.165, 1.54) is 12.3 Å². The molecule has 3 aromatic rings. The van der Waals surface area contributed by atoms with Gasteiger partial charge in [0, 0.05) is 44.0 Å². The number of hydrogen-bond acceptors (Lipinski definition) is 7. The molecule has 0 saturated carbocycles. The van der Waals surface area contributed by atoms with Crippen molar-refractivity contribution < 1.29 is 9.72 Å². The van der Waals surface area contributed by atoms with Gasteiger partial charge in [-0.15, -0.1) is 0 Å². The average Bonchev–Trinajstić information content (AvgIpc) is 2.80. The average molecular weight is 418 g/mol. The second-order valence-corrected chi connectivity index (χ2v) is 7.34. The highest BCUT2D eigenvalue weighted by Gasteiger charge is 2.20. The number of nitrogens with zero attached hydrogens (tertiary/aromatic N) is 5. The Labute approximate surface area is 179 Å². The molecule has 9 nitrogen and oxygen atoms in total. The lowest BCUT2D eigenvalue weighted by molar-refractivity contribution is -0.384. The van der Waals surface area contributed by atoms with Crippen LogP contribution in [0.4, 0.5) is 17.3 Å². The fourth-order valence-electron chi connectivity index (χ4n) is 3.38. The number of pyridine rings is 2. The summed E-state index contributed by atoms with van der Waals surface area (Å²) in [5.41, 5.74) is 1.37. The van der Waals surface area contributed by atoms with Crippen LogP contribution in [0, 0.1) is 10.1 Å². The quantitative estimate of drug-likeness (QED) is 0.501. The molecule has 0 unspecified atom stereocenters. The first-order valence-corrected chi connectivity index (χ1v) is 9.93. The predicted octanol–water partition coefficient (Wildman–Crippen LogP) is 3.06. The third-order valence-corrected chi connectivity index (χ3v) is 5.21. The van der Waals surface area contributed by atoms with Gasteiger partial charge >= 0.3 is 5.69 Å². The van der Waals surface area contributed by atoms with Gasteiger partial charge in [-0.2, -0.15) is 0 Å². The van der Waals surface area contributed by atoms with E-state index in [9.17, 15) is 14.9 Å². The van der Waals surface area contributed by atoms with Gasteiger partial charge in [0.2, 0.25) is 5.82 Å². The maximum Gasteiger partial charge on any atom is 0.311 e. The Bertz CT molecular complexity index is 1080. The Kier molecular flexibility index (Phi) is 5.85. The number of nitro groups is 1. The summed E-state index contributed by atoms with van der Waals surface area (Å²) in [4.78, 5) is 36.7. The second-order valence-electron chi connectivity index (χ2n) is 7.34. The predicted molar refractivity (Wildman–Crippen MR) is 118 cm³/mol. The van der Waals surface area contributed by atoms with Gasteiger partial charge in [0.05, 0.1) is 16.2 Å². The first kappa shape index (κ1) is 20.4. The van der Waals surface area contributed by atoms with Crippen LogP contribution in [0.25, 0.3) is 11.3 Å². The summed E-state index contributed by atoms with van der Waals surface area (Å²) in [7, 11) is 2.08. The first-order valence-electron chi connectivity index (χ1n) is 9.93. The van der Waals surface area contributed by atoms with E-state index in [-0.39, 0.29) is 11.5 Å². The van der Waals surface area contributed by atoms with Crippen LogP contribution in [-0.2, 0) is 0 Å². The van der Waals surface area contributed by atoms with E-state index < -0.39 is 10.8 Å². The van der Waals surface area contributed by atoms with Crippen LogP contribution in [0.1, 0.15) is 10.4 Å². The molecule has 0 radical (unpaired) electrons. The summed E-state index contributed by atoms with van der Waals surface area (Å²) in [5.74, 6) is 0.206. The number of rotatable bonds is 5. The molecule has 1 aliphatic heterocycles. The van der Waals surface area contributed by atoms with Gasteiger partial charge < -0.3 is 15.1 Å². The maximum atomic E-state index is 12.7. The summed E-state index contributed by atoms with van der Waals surface area (Å²) in [6.07, 6.45) is 1.48. The van der Waals surface area contributed by atoms with Crippen molar-refractivity contribution in [2.24, 2.45) is 0 Å². The molecule has 0 bridgehead atoms. The van der Waals surface area contributed by atoms with Crippen molar-refractivity contribution in [2.45, 2.75) is 0 Å². The minimum atomic E-state index is -0.563. The number of hydrogen-bond donors (Lipinski definition) is 1. The Balaban J connectivity index is 1.54. The molecule has 9 heteroatoms. The fourth-order valence-corrected chi connectivity index (χ4v) is 3.38. The topological polar surface area (TPSA) is 104 Å². The van der Waals surface area contributed by atoms with Crippen molar-refractivity contribution in [2.75, 3.05) is 43.4 Å². The lowest BCUT2D eigenvalue weighted by Gasteiger charge is -2.33. The molecule has 2 aromatic heterocycles. The van der Waals surface area contributed by atoms with E-state index >= 15 is 0 Å². The van der Waals surface area contributed by atoms with Gasteiger partial charge in [0.15, 0.2) is 0 Å². The van der Waals surface area contributed by atoms with Crippen LogP contribution >= 0.6 is 0 Å². The van der Waals surface area contributed by atoms with Crippen molar-refractivity contribution >= 4 is 23.2 Å². The third kappa shape index (κ3) is 4.67. The molecule has 1 amide bonds. The summed E-state index contributed by atoms with van der Waals surface area (Å²) >= 11 is 0. The van der Waals surface area contributed by atoms with Gasteiger partial charge in [0.25, 0.3) is 5.91 Å². The minimum Gasteiger partial charge on any atom is -0.354 e. The van der Waals surface area contributed by atoms with E-state index in [1.807, 2.05) is 30.3 Å². The van der Waals surface area contributed by atoms with Crippen LogP contribution in [0.5, 0.6) is 0 Å². The Morgan fingerprint density at radius 3 is 2.42 bits per heavy atom. The Morgan fingerprint density at radius 2 is 1.77 bits per heavy atom. The highest BCUT2D eigenvalue weighted by Crippen LogP contribution is 2.27. The molecule has 0 aliphatic carbocycles. The summed E-state index contributed by atoms with van der Waals surface area (Å²) < 4.78 is 0. The Morgan fingerprint density at radius 1 is 1.03 bits per heavy atom. The molecule has 4 rings (SSSR count). The molecule has 1 aliphatic rings. The summed E-state index contributed by atoms with van der Waals surface area (Å²) in [6.45, 7) is 3.66. The molecule has 0 spiro atoms. The number of likely N-dealkylation sites (N-methyl/N-ethyl adjacent to an activating group) is 1. The zero-order chi connectivity index (χ0) is 21.8. The van der Waals surface area contributed by atoms with Gasteiger partial charge in [-0.25, -0.2) is 9.97 Å². The smallest absolute Gasteiger partial charge is 0.311 e. The lowest BCUT2D eigenvalue weighted by Crippen LogP contribution is -2.44. The van der Waals surface area contributed by atoms with Gasteiger partial charge in [-0.1, -0.05) is 30.3 Å². The van der Waals surface area contributed by atoms with Crippen molar-refractivity contribution in [3.63, 3.8) is 0 Å². The number of aromatic nitrogens is 2. The number of carbonyl (C=O) groups is 1. The normalized spacial score (nSPS) is 14.3. The number of anilines is 2. The van der Waals surface area contributed by atoms with Crippen LogP contribution < -0.4 is 10.2 Å². The SMILES string of the molecule is CN1CCN(c2ccc(C(=O)Nc3nc(-c4ccccc4)ccc3[N+](=O)[O-])cn2)CC1. The van der Waals surface area contributed by atoms with Gasteiger partial charge in [-0.05, 0) is 25.2 Å². The number of carbonyl (C=O) groups excluding carboxylic acids is 1. The maximum absolute atomic E-state index is 12.7. The van der Waals surface area contributed by atoms with E-state index in [0.29, 0.717) is 11.3 Å². The second kappa shape index (κ2) is 8.88. The van der Waals surface area contributed by atoms with Crippen LogP contribution in [-0.4, -0.2) is 58.9 Å². The first-order chi connectivity index (χ1) is 15.0. The van der Waals surface area contributed by atoms with E-state index in [1.54, 1.807) is 18.2 Å². The van der Waals surface area contributed by atoms with Crippen molar-refractivity contribution in [3.05, 3.63) is 76.5 Å². The van der Waals surface area contributed by atoms with E-state index in [0.717, 1.165) is 37.6 Å². The highest BCUT2D eigenvalue weighted by molar-refractivity contribution is 6.04. The molecule has 1 saturated heterocycles. The lowest BCUT2D eigenvalue weighted by atomic mass is 10.1. The van der Waals surface area contributed by atoms with Crippen molar-refractivity contribution in [3.8, 4) is 11.3 Å². The molecule has 1 N–H and O–H groups in total. The summed E-state index contributed by atoms with van der Waals surface area (Å²) in [5, 5.41) is 14.0. The zero-order valence-electron chi connectivity index (χ0n) is 17.1. The Hall–Kier alpha value is -3.85. The third-order valence-electron chi connectivity index (χ3n) is 5.21. The summed E-state index contributed by atoms with van der Waals surface area (Å²) in [6, 6.07) is 15.6. The van der Waals surface area contributed by atoms with Crippen molar-refractivity contribution in [1.29, 1.82) is 0 Å². The monoisotopic (exact) mass is 418 g/mol. The standard InChI is InChI=1S/C22H22N6O3/c1-26-11-13-27(14-12-26)20-10-7-17(15-23-20)22(29)25-21-19(28(30)31)9-8-18(24-21)16-5-3-2-4-6-16/h2-10,15H,11-14H2,1H3,(H,24,25,29). The largest absolute Gasteiger partial charge is 0.354 e. The van der Waals surface area contributed by atoms with Gasteiger partial charge in [0.1, 0.15) is 5.82 Å². The highest BCUT2D eigenvalue weighted by atomic mass is 16.6. The fraction of sp³-hybridized carbons (Fsp3) is 0.227. The minimum absolute atomic E-state index is 0.0977. The van der Waals surface area contributed by atoms with Crippen molar-refractivity contribution in [1.82, 2.24) is 14.9 Å². The van der Waals surface area contributed by atoms with Crippen LogP contribution in [0.15, 0.2) is 60.8 Å². The molecule has 158 valence electrons. The number of piperazine rings is 1. The molecular weight excluding hydrogens is 396 g/mol. The zero-order valence-corrected chi connectivity index (χ0v) is 17.1. The number of nitrogens with one attached hydrogen (secondary N) is 1. The van der Waals surface area contributed by atoms with E-state index in [2.05, 4.69) is 32.1 Å². The molecule has 3 heterocycles. The molecule has 0 atom stereocenters. The molecule has 1 aromatic carbocycles. The molecule has 31 heavy (non-hydrogen) atoms. The molecule has 1 fully saturated rings. The van der Waals surface area contributed by atoms with E-state index in [4.69, 9.17) is 0 Å². The number of amides is 1. The molecular formula is C22H22N6O3. The van der Waals surface area contributed by atoms with Crippen LogP contribution in [0.2, 0.25) is 0 Å².